The number of ketones is 1. The number of carbonyl (C=O) groups excluding carboxylic acids is 1. The van der Waals surface area contributed by atoms with Crippen LogP contribution in [0.15, 0.2) is 12.1 Å². The molecule has 0 amide bonds. The molecule has 0 radical (unpaired) electrons. The minimum absolute atomic E-state index is 0.0200. The molecule has 3 N–H and O–H groups in total. The summed E-state index contributed by atoms with van der Waals surface area (Å²) in [4.78, 5) is 13.4. The average molecular weight is 475 g/mol. The van der Waals surface area contributed by atoms with Crippen LogP contribution >= 0.6 is 11.6 Å². The van der Waals surface area contributed by atoms with Gasteiger partial charge in [0.25, 0.3) is 0 Å². The molecule has 182 valence electrons. The van der Waals surface area contributed by atoms with Gasteiger partial charge >= 0.3 is 0 Å². The lowest BCUT2D eigenvalue weighted by molar-refractivity contribution is -0.135. The fourth-order valence-electron chi connectivity index (χ4n) is 9.05. The first-order valence-electron chi connectivity index (χ1n) is 13.1. The van der Waals surface area contributed by atoms with Gasteiger partial charge in [0.2, 0.25) is 0 Å². The molecule has 1 aromatic carbocycles. The number of Topliss-reactive ketones (excluding diaryl/α,β-unsaturated/α-hetero) is 1. The molecule has 4 aliphatic rings. The molecule has 4 aliphatic carbocycles. The number of hydrogen-bond acceptors (Lipinski definition) is 3. The van der Waals surface area contributed by atoms with Crippen molar-refractivity contribution in [2.45, 2.75) is 78.6 Å². The molecule has 0 heterocycles. The van der Waals surface area contributed by atoms with Gasteiger partial charge in [-0.25, -0.2) is 4.39 Å². The number of nitrogens with two attached hydrogens (primary N) is 1. The van der Waals surface area contributed by atoms with E-state index in [0.29, 0.717) is 11.3 Å². The number of hydrogen-bond donors (Lipinski definition) is 2. The molecule has 33 heavy (non-hydrogen) atoms. The van der Waals surface area contributed by atoms with Gasteiger partial charge in [0.15, 0.2) is 11.6 Å². The summed E-state index contributed by atoms with van der Waals surface area (Å²) in [5, 5.41) is 3.00. The Balaban J connectivity index is 1.30. The third-order valence-corrected chi connectivity index (χ3v) is 11.2. The summed E-state index contributed by atoms with van der Waals surface area (Å²) in [6.45, 7) is 7.54. The van der Waals surface area contributed by atoms with Gasteiger partial charge in [0.05, 0.1) is 22.9 Å². The smallest absolute Gasteiger partial charge is 0.166 e. The zero-order valence-corrected chi connectivity index (χ0v) is 21.2. The molecule has 0 bridgehead atoms. The van der Waals surface area contributed by atoms with E-state index in [9.17, 15) is 9.18 Å². The van der Waals surface area contributed by atoms with Crippen molar-refractivity contribution in [2.75, 3.05) is 17.6 Å². The second-order valence-electron chi connectivity index (χ2n) is 12.4. The molecule has 0 unspecified atom stereocenters. The maximum atomic E-state index is 14.4. The van der Waals surface area contributed by atoms with Crippen LogP contribution in [0.5, 0.6) is 0 Å². The van der Waals surface area contributed by atoms with Crippen molar-refractivity contribution < 1.29 is 9.18 Å². The van der Waals surface area contributed by atoms with Crippen LogP contribution in [-0.2, 0) is 4.79 Å². The van der Waals surface area contributed by atoms with Gasteiger partial charge in [-0.2, -0.15) is 0 Å². The lowest BCUT2D eigenvalue weighted by atomic mass is 9.44. The molecular formula is C28H40ClFN2O. The Kier molecular flexibility index (Phi) is 5.99. The zero-order chi connectivity index (χ0) is 23.5. The molecular weight excluding hydrogens is 435 g/mol. The summed E-state index contributed by atoms with van der Waals surface area (Å²) >= 11 is 5.92. The van der Waals surface area contributed by atoms with Gasteiger partial charge in [0.1, 0.15) is 0 Å². The number of anilines is 2. The Labute approximate surface area is 203 Å². The summed E-state index contributed by atoms with van der Waals surface area (Å²) in [6.07, 6.45) is 11.5. The second kappa shape index (κ2) is 8.43. The quantitative estimate of drug-likeness (QED) is 0.449. The number of carbonyl (C=O) groups is 1. The highest BCUT2D eigenvalue weighted by Crippen LogP contribution is 2.67. The number of rotatable bonds is 4. The van der Waals surface area contributed by atoms with Crippen LogP contribution in [0.1, 0.15) is 78.6 Å². The lowest BCUT2D eigenvalue weighted by Gasteiger charge is -2.61. The minimum atomic E-state index is -0.577. The van der Waals surface area contributed by atoms with Crippen LogP contribution in [-0.4, -0.2) is 12.3 Å². The topological polar surface area (TPSA) is 55.1 Å². The minimum Gasteiger partial charge on any atom is -0.397 e. The van der Waals surface area contributed by atoms with Crippen LogP contribution in [0.25, 0.3) is 0 Å². The maximum Gasteiger partial charge on any atom is 0.166 e. The molecule has 0 saturated heterocycles. The third-order valence-electron chi connectivity index (χ3n) is 10.9. The Morgan fingerprint density at radius 3 is 2.61 bits per heavy atom. The van der Waals surface area contributed by atoms with E-state index in [0.717, 1.165) is 36.5 Å². The van der Waals surface area contributed by atoms with Gasteiger partial charge in [-0.1, -0.05) is 38.8 Å². The monoisotopic (exact) mass is 474 g/mol. The number of nitrogen functional groups attached to an aromatic ring is 1. The SMILES string of the molecule is C[C@H]1CC[C@@]2(C)[C@@H](CC[C@@H]3[C@@H]2CC[C@]2(C)[C@@H](C(=O)CNc4c(N)ccc(Cl)c4F)CC[C@@H]32)C1. The van der Waals surface area contributed by atoms with E-state index in [1.54, 1.807) is 6.07 Å². The van der Waals surface area contributed by atoms with Gasteiger partial charge in [-0.15, -0.1) is 0 Å². The van der Waals surface area contributed by atoms with E-state index in [4.69, 9.17) is 17.3 Å². The van der Waals surface area contributed by atoms with Crippen molar-refractivity contribution in [2.24, 2.45) is 46.3 Å². The van der Waals surface area contributed by atoms with Gasteiger partial charge < -0.3 is 11.1 Å². The van der Waals surface area contributed by atoms with Crippen molar-refractivity contribution in [3.63, 3.8) is 0 Å². The first-order chi connectivity index (χ1) is 15.6. The highest BCUT2D eigenvalue weighted by molar-refractivity contribution is 6.31. The third kappa shape index (κ3) is 3.70. The largest absolute Gasteiger partial charge is 0.397 e. The molecule has 5 rings (SSSR count). The normalized spacial score (nSPS) is 42.2. The first-order valence-corrected chi connectivity index (χ1v) is 13.5. The van der Waals surface area contributed by atoms with Crippen molar-refractivity contribution in [1.82, 2.24) is 0 Å². The van der Waals surface area contributed by atoms with Crippen molar-refractivity contribution in [3.05, 3.63) is 23.0 Å². The highest BCUT2D eigenvalue weighted by atomic mass is 35.5. The predicted molar refractivity (Wildman–Crippen MR) is 134 cm³/mol. The average Bonchev–Trinajstić information content (AvgIpc) is 3.14. The van der Waals surface area contributed by atoms with E-state index >= 15 is 0 Å². The van der Waals surface area contributed by atoms with E-state index in [2.05, 4.69) is 26.1 Å². The summed E-state index contributed by atoms with van der Waals surface area (Å²) in [5.74, 6) is 3.70. The van der Waals surface area contributed by atoms with E-state index in [1.165, 1.54) is 51.0 Å². The molecule has 1 aromatic rings. The van der Waals surface area contributed by atoms with Crippen LogP contribution in [0.4, 0.5) is 15.8 Å². The highest BCUT2D eigenvalue weighted by Gasteiger charge is 2.60. The Bertz CT molecular complexity index is 937. The lowest BCUT2D eigenvalue weighted by Crippen LogP contribution is -2.53. The molecule has 5 heteroatoms. The molecule has 3 nitrogen and oxygen atoms in total. The Hall–Kier alpha value is -1.29. The van der Waals surface area contributed by atoms with Crippen LogP contribution in [0, 0.1) is 52.2 Å². The molecule has 0 spiro atoms. The fraction of sp³-hybridized carbons (Fsp3) is 0.750. The van der Waals surface area contributed by atoms with Gasteiger partial charge in [0, 0.05) is 5.92 Å². The summed E-state index contributed by atoms with van der Waals surface area (Å²) in [7, 11) is 0. The summed E-state index contributed by atoms with van der Waals surface area (Å²) in [5.41, 5.74) is 6.95. The van der Waals surface area contributed by atoms with Gasteiger partial charge in [-0.05, 0) is 104 Å². The zero-order valence-electron chi connectivity index (χ0n) is 20.4. The molecule has 4 fully saturated rings. The van der Waals surface area contributed by atoms with Crippen LogP contribution in [0.3, 0.4) is 0 Å². The first kappa shape index (κ1) is 23.5. The summed E-state index contributed by atoms with van der Waals surface area (Å²) in [6, 6.07) is 3.03. The Morgan fingerprint density at radius 1 is 1.09 bits per heavy atom. The fourth-order valence-corrected chi connectivity index (χ4v) is 9.20. The molecule has 0 aliphatic heterocycles. The van der Waals surface area contributed by atoms with E-state index in [1.807, 2.05) is 0 Å². The van der Waals surface area contributed by atoms with Crippen molar-refractivity contribution >= 4 is 28.8 Å². The number of nitrogens with one attached hydrogen (secondary N) is 1. The van der Waals surface area contributed by atoms with Crippen LogP contribution < -0.4 is 11.1 Å². The van der Waals surface area contributed by atoms with Crippen molar-refractivity contribution in [3.8, 4) is 0 Å². The summed E-state index contributed by atoms with van der Waals surface area (Å²) < 4.78 is 14.4. The second-order valence-corrected chi connectivity index (χ2v) is 12.8. The predicted octanol–water partition coefficient (Wildman–Crippen LogP) is 7.34. The van der Waals surface area contributed by atoms with Gasteiger partial charge in [-0.3, -0.25) is 4.79 Å². The maximum absolute atomic E-state index is 14.4. The van der Waals surface area contributed by atoms with Crippen molar-refractivity contribution in [1.29, 1.82) is 0 Å². The van der Waals surface area contributed by atoms with Crippen LogP contribution in [0.2, 0.25) is 5.02 Å². The number of benzene rings is 1. The number of halogens is 2. The molecule has 4 saturated carbocycles. The standard InChI is InChI=1S/C28H40ClFN2O/c1-16-10-12-27(2)17(14-16)4-5-18-19-6-7-21(28(19,3)13-11-20(18)27)24(33)15-32-26-23(31)9-8-22(29)25(26)30/h8-9,16-21,32H,4-7,10-15,31H2,1-3H3/t16-,17-,18-,19-,20-,21+,27-,28-/m0/s1. The Morgan fingerprint density at radius 2 is 1.82 bits per heavy atom. The molecule has 0 aromatic heterocycles. The van der Waals surface area contributed by atoms with E-state index < -0.39 is 5.82 Å². The number of fused-ring (bicyclic) bond motifs is 5. The molecule has 8 atom stereocenters. The van der Waals surface area contributed by atoms with E-state index in [-0.39, 0.29) is 40.1 Å².